The second kappa shape index (κ2) is 11.3. The summed E-state index contributed by atoms with van der Waals surface area (Å²) < 4.78 is 5.15. The molecule has 0 unspecified atom stereocenters. The number of thiophene rings is 2. The Bertz CT molecular complexity index is 1160. The molecule has 3 heterocycles. The summed E-state index contributed by atoms with van der Waals surface area (Å²) in [5.41, 5.74) is 1.58. The quantitative estimate of drug-likeness (QED) is 0.369. The molecule has 0 aromatic carbocycles. The van der Waals surface area contributed by atoms with Crippen LogP contribution in [0.15, 0.2) is 22.8 Å². The summed E-state index contributed by atoms with van der Waals surface area (Å²) in [6.07, 6.45) is 1.80. The van der Waals surface area contributed by atoms with Crippen LogP contribution < -0.4 is 5.32 Å². The molecule has 34 heavy (non-hydrogen) atoms. The van der Waals surface area contributed by atoms with Gasteiger partial charge in [-0.2, -0.15) is 0 Å². The summed E-state index contributed by atoms with van der Waals surface area (Å²) in [7, 11) is 0. The molecule has 3 rings (SSSR count). The summed E-state index contributed by atoms with van der Waals surface area (Å²) in [6, 6.07) is 3.97. The highest BCUT2D eigenvalue weighted by molar-refractivity contribution is 8.14. The Morgan fingerprint density at radius 2 is 1.97 bits per heavy atom. The van der Waals surface area contributed by atoms with Gasteiger partial charge in [-0.05, 0) is 57.4 Å². The van der Waals surface area contributed by atoms with Gasteiger partial charge in [-0.25, -0.2) is 9.79 Å². The van der Waals surface area contributed by atoms with Crippen molar-refractivity contribution in [1.29, 1.82) is 0 Å². The molecule has 0 spiro atoms. The number of rotatable bonds is 8. The number of carbonyl (C=O) groups is 3. The third-order valence-corrected chi connectivity index (χ3v) is 8.00. The van der Waals surface area contributed by atoms with E-state index >= 15 is 0 Å². The van der Waals surface area contributed by atoms with E-state index in [0.29, 0.717) is 28.0 Å². The second-order valence-electron chi connectivity index (χ2n) is 8.23. The van der Waals surface area contributed by atoms with Gasteiger partial charge >= 0.3 is 5.97 Å². The maximum absolute atomic E-state index is 13.0. The number of nitrogens with one attached hydrogen (secondary N) is 1. The number of aryl methyl sites for hydroxylation is 2. The molecule has 182 valence electrons. The number of esters is 1. The molecular formula is C24H29N3O4S3. The summed E-state index contributed by atoms with van der Waals surface area (Å²) in [5.74, 6) is -0.569. The van der Waals surface area contributed by atoms with Crippen LogP contribution >= 0.6 is 34.4 Å². The third-order valence-electron chi connectivity index (χ3n) is 4.95. The van der Waals surface area contributed by atoms with Crippen molar-refractivity contribution in [3.05, 3.63) is 43.6 Å². The van der Waals surface area contributed by atoms with Gasteiger partial charge in [0.25, 0.3) is 5.91 Å². The second-order valence-corrected chi connectivity index (χ2v) is 11.7. The van der Waals surface area contributed by atoms with Gasteiger partial charge in [-0.15, -0.1) is 22.7 Å². The highest BCUT2D eigenvalue weighted by Crippen LogP contribution is 2.33. The normalized spacial score (nSPS) is 14.8. The zero-order chi connectivity index (χ0) is 25.0. The van der Waals surface area contributed by atoms with Crippen molar-refractivity contribution in [2.45, 2.75) is 41.5 Å². The Morgan fingerprint density at radius 3 is 2.59 bits per heavy atom. The van der Waals surface area contributed by atoms with E-state index in [1.165, 1.54) is 23.1 Å². The number of ether oxygens (including phenoxy) is 1. The number of hydrogen-bond acceptors (Lipinski definition) is 8. The first-order valence-electron chi connectivity index (χ1n) is 11.0. The van der Waals surface area contributed by atoms with E-state index in [1.807, 2.05) is 46.8 Å². The number of amidine groups is 1. The lowest BCUT2D eigenvalue weighted by atomic mass is 10.1. The van der Waals surface area contributed by atoms with Crippen molar-refractivity contribution >= 4 is 68.5 Å². The Labute approximate surface area is 212 Å². The first-order valence-corrected chi connectivity index (χ1v) is 13.6. The summed E-state index contributed by atoms with van der Waals surface area (Å²) in [5, 5.41) is 3.84. The first kappa shape index (κ1) is 26.2. The smallest absolute Gasteiger partial charge is 0.341 e. The van der Waals surface area contributed by atoms with Crippen molar-refractivity contribution < 1.29 is 19.1 Å². The first-order chi connectivity index (χ1) is 16.1. The Kier molecular flexibility index (Phi) is 8.72. The largest absolute Gasteiger partial charge is 0.462 e. The molecule has 0 saturated carbocycles. The fourth-order valence-corrected chi connectivity index (χ4v) is 5.98. The molecule has 1 aliphatic heterocycles. The Balaban J connectivity index is 1.75. The zero-order valence-electron chi connectivity index (χ0n) is 20.2. The van der Waals surface area contributed by atoms with E-state index in [9.17, 15) is 14.4 Å². The van der Waals surface area contributed by atoms with E-state index in [1.54, 1.807) is 29.2 Å². The number of nitrogens with zero attached hydrogens (tertiary/aromatic N) is 2. The minimum absolute atomic E-state index is 0.0599. The van der Waals surface area contributed by atoms with Crippen molar-refractivity contribution in [2.75, 3.05) is 24.2 Å². The van der Waals surface area contributed by atoms with Crippen LogP contribution in [0.1, 0.15) is 51.3 Å². The standard InChI is InChI=1S/C24H29N3O4S3/c1-7-31-23(30)20-15(5)16(6)34-21(20)26-19(28)12-32-24-25-18(10-17-9-8-14(4)33-17)22(29)27(24)11-13(2)3/h8-10,13H,7,11-12H2,1-6H3,(H,26,28). The SMILES string of the molecule is CCOC(=O)c1c(NC(=O)CSC2=NC(=Cc3ccc(C)s3)C(=O)N2CC(C)C)sc(C)c1C. The highest BCUT2D eigenvalue weighted by atomic mass is 32.2. The molecule has 10 heteroatoms. The molecular weight excluding hydrogens is 490 g/mol. The fourth-order valence-electron chi connectivity index (χ4n) is 3.29. The molecule has 0 fully saturated rings. The van der Waals surface area contributed by atoms with Gasteiger partial charge in [0.05, 0.1) is 17.9 Å². The molecule has 2 aromatic rings. The lowest BCUT2D eigenvalue weighted by Crippen LogP contribution is -2.34. The minimum atomic E-state index is -0.445. The summed E-state index contributed by atoms with van der Waals surface area (Å²) in [4.78, 5) is 47.4. The minimum Gasteiger partial charge on any atom is -0.462 e. The van der Waals surface area contributed by atoms with Gasteiger partial charge in [0.1, 0.15) is 10.7 Å². The predicted octanol–water partition coefficient (Wildman–Crippen LogP) is 5.48. The Hall–Kier alpha value is -2.43. The van der Waals surface area contributed by atoms with E-state index in [2.05, 4.69) is 10.3 Å². The van der Waals surface area contributed by atoms with E-state index < -0.39 is 5.97 Å². The fraction of sp³-hybridized carbons (Fsp3) is 0.417. The molecule has 2 amide bonds. The highest BCUT2D eigenvalue weighted by Gasteiger charge is 2.31. The molecule has 2 aromatic heterocycles. The van der Waals surface area contributed by atoms with Crippen LogP contribution in [0.2, 0.25) is 0 Å². The number of thioether (sulfide) groups is 1. The van der Waals surface area contributed by atoms with Gasteiger partial charge < -0.3 is 10.1 Å². The molecule has 0 atom stereocenters. The topological polar surface area (TPSA) is 88.1 Å². The average molecular weight is 520 g/mol. The molecule has 0 radical (unpaired) electrons. The van der Waals surface area contributed by atoms with Gasteiger partial charge in [0.15, 0.2) is 5.17 Å². The number of carbonyl (C=O) groups excluding carboxylic acids is 3. The van der Waals surface area contributed by atoms with Gasteiger partial charge in [0.2, 0.25) is 5.91 Å². The van der Waals surface area contributed by atoms with Crippen LogP contribution in [0.5, 0.6) is 0 Å². The maximum atomic E-state index is 13.0. The average Bonchev–Trinajstić information content (AvgIpc) is 3.38. The third kappa shape index (κ3) is 6.17. The van der Waals surface area contributed by atoms with Gasteiger partial charge in [0, 0.05) is 21.2 Å². The van der Waals surface area contributed by atoms with Crippen LogP contribution in [0.3, 0.4) is 0 Å². The number of anilines is 1. The van der Waals surface area contributed by atoms with Gasteiger partial charge in [-0.3, -0.25) is 14.5 Å². The number of amides is 2. The van der Waals surface area contributed by atoms with Crippen molar-refractivity contribution in [1.82, 2.24) is 4.90 Å². The maximum Gasteiger partial charge on any atom is 0.341 e. The van der Waals surface area contributed by atoms with E-state index in [-0.39, 0.29) is 30.1 Å². The predicted molar refractivity (Wildman–Crippen MR) is 142 cm³/mol. The molecule has 1 N–H and O–H groups in total. The van der Waals surface area contributed by atoms with Crippen LogP contribution in [0.4, 0.5) is 5.00 Å². The molecule has 0 aliphatic carbocycles. The van der Waals surface area contributed by atoms with Crippen LogP contribution in [-0.2, 0) is 14.3 Å². The molecule has 0 bridgehead atoms. The lowest BCUT2D eigenvalue weighted by Gasteiger charge is -2.19. The molecule has 7 nitrogen and oxygen atoms in total. The van der Waals surface area contributed by atoms with Crippen LogP contribution in [0, 0.1) is 26.7 Å². The van der Waals surface area contributed by atoms with Crippen molar-refractivity contribution in [3.8, 4) is 0 Å². The summed E-state index contributed by atoms with van der Waals surface area (Å²) in [6.45, 7) is 12.3. The zero-order valence-corrected chi connectivity index (χ0v) is 22.6. The van der Waals surface area contributed by atoms with E-state index in [0.717, 1.165) is 20.2 Å². The van der Waals surface area contributed by atoms with Crippen molar-refractivity contribution in [3.63, 3.8) is 0 Å². The van der Waals surface area contributed by atoms with Crippen LogP contribution in [0.25, 0.3) is 6.08 Å². The van der Waals surface area contributed by atoms with Gasteiger partial charge in [-0.1, -0.05) is 25.6 Å². The van der Waals surface area contributed by atoms with Crippen molar-refractivity contribution in [2.24, 2.45) is 10.9 Å². The molecule has 0 saturated heterocycles. The summed E-state index contributed by atoms with van der Waals surface area (Å²) >= 11 is 4.16. The molecule has 1 aliphatic rings. The number of aliphatic imine (C=N–C) groups is 1. The Morgan fingerprint density at radius 1 is 1.24 bits per heavy atom. The number of hydrogen-bond donors (Lipinski definition) is 1. The van der Waals surface area contributed by atoms with E-state index in [4.69, 9.17) is 4.74 Å². The van der Waals surface area contributed by atoms with Crippen LogP contribution in [-0.4, -0.2) is 46.8 Å². The lowest BCUT2D eigenvalue weighted by molar-refractivity contribution is -0.123. The monoisotopic (exact) mass is 519 g/mol.